The number of benzene rings is 2. The van der Waals surface area contributed by atoms with Gasteiger partial charge in [0.2, 0.25) is 0 Å². The normalized spacial score (nSPS) is 9.92. The molecule has 0 aromatic heterocycles. The van der Waals surface area contributed by atoms with Gasteiger partial charge in [-0.25, -0.2) is 0 Å². The van der Waals surface area contributed by atoms with E-state index in [1.807, 2.05) is 12.1 Å². The first-order chi connectivity index (χ1) is 11.6. The van der Waals surface area contributed by atoms with Crippen LogP contribution in [-0.4, -0.2) is 25.5 Å². The molecule has 0 aliphatic rings. The maximum Gasteiger partial charge on any atom is 0.276 e. The van der Waals surface area contributed by atoms with Crippen LogP contribution in [0.1, 0.15) is 22.8 Å². The van der Waals surface area contributed by atoms with Crippen LogP contribution < -0.4 is 20.3 Å². The standard InChI is InChI=1S/C18H20N2O4/c1-3-13-7-9-15(10-8-13)24-12-17(21)19-20-18(22)14-5-4-6-16(11-14)23-2/h4-11H,3,12H2,1-2H3,(H,19,21)(H,20,22). The highest BCUT2D eigenvalue weighted by Crippen LogP contribution is 2.13. The molecule has 6 nitrogen and oxygen atoms in total. The molecule has 0 spiro atoms. The number of hydrogen-bond donors (Lipinski definition) is 2. The van der Waals surface area contributed by atoms with Crippen molar-refractivity contribution in [3.05, 3.63) is 59.7 Å². The Morgan fingerprint density at radius 2 is 1.75 bits per heavy atom. The molecular formula is C18H20N2O4. The van der Waals surface area contributed by atoms with E-state index in [4.69, 9.17) is 9.47 Å². The smallest absolute Gasteiger partial charge is 0.276 e. The highest BCUT2D eigenvalue weighted by molar-refractivity contribution is 5.95. The summed E-state index contributed by atoms with van der Waals surface area (Å²) < 4.78 is 10.4. The minimum atomic E-state index is -0.453. The Labute approximate surface area is 140 Å². The molecule has 0 aliphatic carbocycles. The van der Waals surface area contributed by atoms with E-state index in [1.165, 1.54) is 12.7 Å². The average molecular weight is 328 g/mol. The van der Waals surface area contributed by atoms with Crippen LogP contribution in [0.25, 0.3) is 0 Å². The first-order valence-corrected chi connectivity index (χ1v) is 7.57. The van der Waals surface area contributed by atoms with Crippen molar-refractivity contribution in [1.29, 1.82) is 0 Å². The monoisotopic (exact) mass is 328 g/mol. The second-order valence-electron chi connectivity index (χ2n) is 5.02. The van der Waals surface area contributed by atoms with E-state index < -0.39 is 11.8 Å². The van der Waals surface area contributed by atoms with Crippen LogP contribution in [0.4, 0.5) is 0 Å². The van der Waals surface area contributed by atoms with Gasteiger partial charge in [-0.05, 0) is 42.3 Å². The average Bonchev–Trinajstić information content (AvgIpc) is 2.64. The zero-order valence-corrected chi connectivity index (χ0v) is 13.7. The van der Waals surface area contributed by atoms with Gasteiger partial charge in [0.15, 0.2) is 6.61 Å². The molecule has 0 saturated heterocycles. The van der Waals surface area contributed by atoms with Gasteiger partial charge in [-0.1, -0.05) is 25.1 Å². The SMILES string of the molecule is CCc1ccc(OCC(=O)NNC(=O)c2cccc(OC)c2)cc1. The molecule has 0 fully saturated rings. The molecule has 0 atom stereocenters. The van der Waals surface area contributed by atoms with E-state index in [-0.39, 0.29) is 6.61 Å². The van der Waals surface area contributed by atoms with Crippen molar-refractivity contribution in [3.8, 4) is 11.5 Å². The molecule has 0 saturated carbocycles. The molecule has 2 N–H and O–H groups in total. The molecule has 2 aromatic carbocycles. The topological polar surface area (TPSA) is 76.7 Å². The van der Waals surface area contributed by atoms with E-state index in [0.717, 1.165) is 6.42 Å². The Hall–Kier alpha value is -3.02. The molecule has 0 unspecified atom stereocenters. The van der Waals surface area contributed by atoms with Crippen molar-refractivity contribution in [2.75, 3.05) is 13.7 Å². The third kappa shape index (κ3) is 5.01. The summed E-state index contributed by atoms with van der Waals surface area (Å²) in [5.74, 6) is 0.273. The van der Waals surface area contributed by atoms with Crippen molar-refractivity contribution < 1.29 is 19.1 Å². The highest BCUT2D eigenvalue weighted by atomic mass is 16.5. The maximum atomic E-state index is 11.9. The number of nitrogens with one attached hydrogen (secondary N) is 2. The number of rotatable bonds is 6. The summed E-state index contributed by atoms with van der Waals surface area (Å²) in [7, 11) is 1.52. The minimum absolute atomic E-state index is 0.191. The zero-order chi connectivity index (χ0) is 17.4. The maximum absolute atomic E-state index is 11.9. The Morgan fingerprint density at radius 3 is 2.42 bits per heavy atom. The lowest BCUT2D eigenvalue weighted by atomic mass is 10.2. The van der Waals surface area contributed by atoms with Gasteiger partial charge in [-0.2, -0.15) is 0 Å². The molecule has 126 valence electrons. The highest BCUT2D eigenvalue weighted by Gasteiger charge is 2.08. The number of hydrazine groups is 1. The van der Waals surface area contributed by atoms with Gasteiger partial charge in [0.05, 0.1) is 7.11 Å². The minimum Gasteiger partial charge on any atom is -0.497 e. The molecular weight excluding hydrogens is 308 g/mol. The van der Waals surface area contributed by atoms with Gasteiger partial charge in [0.1, 0.15) is 11.5 Å². The van der Waals surface area contributed by atoms with Gasteiger partial charge in [0, 0.05) is 5.56 Å². The van der Waals surface area contributed by atoms with E-state index in [0.29, 0.717) is 17.1 Å². The molecule has 24 heavy (non-hydrogen) atoms. The molecule has 2 amide bonds. The first-order valence-electron chi connectivity index (χ1n) is 7.57. The summed E-state index contributed by atoms with van der Waals surface area (Å²) >= 11 is 0. The van der Waals surface area contributed by atoms with Gasteiger partial charge in [-0.15, -0.1) is 0 Å². The van der Waals surface area contributed by atoms with Crippen LogP contribution in [0.5, 0.6) is 11.5 Å². The predicted octanol–water partition coefficient (Wildman–Crippen LogP) is 2.10. The second kappa shape index (κ2) is 8.57. The Balaban J connectivity index is 1.78. The van der Waals surface area contributed by atoms with Gasteiger partial charge >= 0.3 is 0 Å². The molecule has 0 bridgehead atoms. The zero-order valence-electron chi connectivity index (χ0n) is 13.7. The second-order valence-corrected chi connectivity index (χ2v) is 5.02. The number of amides is 2. The number of aryl methyl sites for hydroxylation is 1. The lowest BCUT2D eigenvalue weighted by Gasteiger charge is -2.09. The van der Waals surface area contributed by atoms with Crippen LogP contribution in [0.15, 0.2) is 48.5 Å². The predicted molar refractivity (Wildman–Crippen MR) is 89.9 cm³/mol. The van der Waals surface area contributed by atoms with Crippen LogP contribution in [0, 0.1) is 0 Å². The summed E-state index contributed by atoms with van der Waals surface area (Å²) in [5.41, 5.74) is 6.21. The first kappa shape index (κ1) is 17.3. The quantitative estimate of drug-likeness (QED) is 0.796. The largest absolute Gasteiger partial charge is 0.497 e. The Morgan fingerprint density at radius 1 is 1.00 bits per heavy atom. The molecule has 0 aliphatic heterocycles. The van der Waals surface area contributed by atoms with Gasteiger partial charge < -0.3 is 9.47 Å². The van der Waals surface area contributed by atoms with Crippen molar-refractivity contribution in [3.63, 3.8) is 0 Å². The Bertz CT molecular complexity index is 698. The summed E-state index contributed by atoms with van der Waals surface area (Å²) in [6.45, 7) is 1.87. The molecule has 2 rings (SSSR count). The number of hydrogen-bond acceptors (Lipinski definition) is 4. The summed E-state index contributed by atoms with van der Waals surface area (Å²) in [5, 5.41) is 0. The van der Waals surface area contributed by atoms with Gasteiger partial charge in [0.25, 0.3) is 11.8 Å². The van der Waals surface area contributed by atoms with Crippen molar-refractivity contribution in [2.45, 2.75) is 13.3 Å². The summed E-state index contributed by atoms with van der Waals surface area (Å²) in [6, 6.07) is 14.1. The molecule has 0 heterocycles. The number of methoxy groups -OCH3 is 1. The summed E-state index contributed by atoms with van der Waals surface area (Å²) in [6.07, 6.45) is 0.942. The van der Waals surface area contributed by atoms with Crippen molar-refractivity contribution >= 4 is 11.8 Å². The molecule has 2 aromatic rings. The molecule has 6 heteroatoms. The number of carbonyl (C=O) groups excluding carboxylic acids is 2. The van der Waals surface area contributed by atoms with E-state index in [1.54, 1.807) is 36.4 Å². The van der Waals surface area contributed by atoms with Crippen LogP contribution in [0.3, 0.4) is 0 Å². The van der Waals surface area contributed by atoms with E-state index in [2.05, 4.69) is 17.8 Å². The van der Waals surface area contributed by atoms with E-state index >= 15 is 0 Å². The van der Waals surface area contributed by atoms with Crippen molar-refractivity contribution in [2.24, 2.45) is 0 Å². The van der Waals surface area contributed by atoms with Crippen molar-refractivity contribution in [1.82, 2.24) is 10.9 Å². The lowest BCUT2D eigenvalue weighted by molar-refractivity contribution is -0.123. The molecule has 0 radical (unpaired) electrons. The summed E-state index contributed by atoms with van der Waals surface area (Å²) in [4.78, 5) is 23.7. The number of carbonyl (C=O) groups is 2. The Kier molecular flexibility index (Phi) is 6.19. The fourth-order valence-electron chi connectivity index (χ4n) is 1.97. The van der Waals surface area contributed by atoms with Gasteiger partial charge in [-0.3, -0.25) is 20.4 Å². The van der Waals surface area contributed by atoms with Crippen LogP contribution in [0.2, 0.25) is 0 Å². The third-order valence-corrected chi connectivity index (χ3v) is 3.35. The lowest BCUT2D eigenvalue weighted by Crippen LogP contribution is -2.43. The number of ether oxygens (including phenoxy) is 2. The fourth-order valence-corrected chi connectivity index (χ4v) is 1.97. The fraction of sp³-hybridized carbons (Fsp3) is 0.222. The van der Waals surface area contributed by atoms with E-state index in [9.17, 15) is 9.59 Å². The van der Waals surface area contributed by atoms with Crippen LogP contribution in [-0.2, 0) is 11.2 Å². The third-order valence-electron chi connectivity index (χ3n) is 3.35. The van der Waals surface area contributed by atoms with Crippen LogP contribution >= 0.6 is 0 Å².